The summed E-state index contributed by atoms with van der Waals surface area (Å²) in [6.45, 7) is 12.4. The van der Waals surface area contributed by atoms with E-state index in [4.69, 9.17) is 0 Å². The van der Waals surface area contributed by atoms with Gasteiger partial charge in [0.2, 0.25) is 0 Å². The lowest BCUT2D eigenvalue weighted by Crippen LogP contribution is -1.90. The summed E-state index contributed by atoms with van der Waals surface area (Å²) in [5, 5.41) is 1.28. The number of nitrogens with one attached hydrogen (secondary N) is 1. The van der Waals surface area contributed by atoms with E-state index in [-0.39, 0.29) is 0 Å². The molecule has 1 aliphatic rings. The van der Waals surface area contributed by atoms with Gasteiger partial charge in [-0.3, -0.25) is 0 Å². The molecule has 0 radical (unpaired) electrons. The first-order valence-electron chi connectivity index (χ1n) is 9.47. The van der Waals surface area contributed by atoms with Crippen LogP contribution in [-0.4, -0.2) is 4.98 Å². The van der Waals surface area contributed by atoms with Gasteiger partial charge in [0.25, 0.3) is 0 Å². The summed E-state index contributed by atoms with van der Waals surface area (Å²) < 4.78 is 0. The Balaban J connectivity index is 1.98. The zero-order valence-corrected chi connectivity index (χ0v) is 16.3. The molecule has 1 aliphatic carbocycles. The van der Waals surface area contributed by atoms with Gasteiger partial charge in [0.05, 0.1) is 0 Å². The lowest BCUT2D eigenvalue weighted by Gasteiger charge is -2.07. The summed E-state index contributed by atoms with van der Waals surface area (Å²) in [7, 11) is 0. The van der Waals surface area contributed by atoms with Crippen molar-refractivity contribution in [1.29, 1.82) is 0 Å². The maximum Gasteiger partial charge on any atom is 0.0462 e. The second kappa shape index (κ2) is 8.55. The first kappa shape index (κ1) is 18.7. The third-order valence-corrected chi connectivity index (χ3v) is 4.79. The van der Waals surface area contributed by atoms with Gasteiger partial charge in [-0.25, -0.2) is 0 Å². The first-order valence-corrected chi connectivity index (χ1v) is 9.47. The van der Waals surface area contributed by atoms with Crippen molar-refractivity contribution in [3.63, 3.8) is 0 Å². The molecular weight excluding hydrogens is 326 g/mol. The molecule has 0 unspecified atom stereocenters. The quantitative estimate of drug-likeness (QED) is 0.523. The zero-order valence-electron chi connectivity index (χ0n) is 16.3. The molecule has 0 atom stereocenters. The molecule has 0 spiro atoms. The van der Waals surface area contributed by atoms with Crippen LogP contribution in [0.4, 0.5) is 0 Å². The molecule has 3 rings (SSSR count). The largest absolute Gasteiger partial charge is 0.358 e. The molecular formula is C26H27N. The molecule has 1 aromatic carbocycles. The van der Waals surface area contributed by atoms with Gasteiger partial charge in [-0.15, -0.1) is 0 Å². The number of benzene rings is 1. The van der Waals surface area contributed by atoms with E-state index < -0.39 is 0 Å². The van der Waals surface area contributed by atoms with Gasteiger partial charge in [0, 0.05) is 22.2 Å². The summed E-state index contributed by atoms with van der Waals surface area (Å²) in [4.78, 5) is 3.57. The Morgan fingerprint density at radius 2 is 1.89 bits per heavy atom. The van der Waals surface area contributed by atoms with Gasteiger partial charge in [-0.2, -0.15) is 0 Å². The van der Waals surface area contributed by atoms with Crippen LogP contribution in [0.25, 0.3) is 22.6 Å². The summed E-state index contributed by atoms with van der Waals surface area (Å²) in [6, 6.07) is 6.63. The normalized spacial score (nSPS) is 14.7. The van der Waals surface area contributed by atoms with Crippen molar-refractivity contribution in [1.82, 2.24) is 4.98 Å². The van der Waals surface area contributed by atoms with Crippen molar-refractivity contribution in [2.24, 2.45) is 0 Å². The molecule has 1 heterocycles. The maximum absolute atomic E-state index is 4.20. The molecule has 0 amide bonds. The van der Waals surface area contributed by atoms with E-state index in [1.54, 1.807) is 0 Å². The Morgan fingerprint density at radius 1 is 1.04 bits per heavy atom. The van der Waals surface area contributed by atoms with Crippen LogP contribution in [0.3, 0.4) is 0 Å². The SMILES string of the molecule is C=C(/C=C\C=C/C)C(=C)/C=C(\C=C/C)c1ccc2[nH]c3c(c2c1)C=CCC3. The summed E-state index contributed by atoms with van der Waals surface area (Å²) in [6.07, 6.45) is 21.0. The van der Waals surface area contributed by atoms with Crippen molar-refractivity contribution >= 4 is 22.6 Å². The van der Waals surface area contributed by atoms with Crippen LogP contribution in [0, 0.1) is 0 Å². The molecule has 1 N–H and O–H groups in total. The lowest BCUT2D eigenvalue weighted by atomic mass is 9.96. The minimum atomic E-state index is 0.915. The van der Waals surface area contributed by atoms with Crippen molar-refractivity contribution in [3.05, 3.63) is 108 Å². The Kier molecular flexibility index (Phi) is 5.93. The molecule has 1 heteroatoms. The molecule has 1 aromatic heterocycles. The van der Waals surface area contributed by atoms with Gasteiger partial charge in [0.15, 0.2) is 0 Å². The molecule has 0 aliphatic heterocycles. The fourth-order valence-corrected chi connectivity index (χ4v) is 3.34. The molecule has 0 fully saturated rings. The molecule has 2 aromatic rings. The average Bonchev–Trinajstić information content (AvgIpc) is 3.05. The molecule has 27 heavy (non-hydrogen) atoms. The Hall–Kier alpha value is -3.06. The minimum absolute atomic E-state index is 0.915. The van der Waals surface area contributed by atoms with Crippen LogP contribution in [0.15, 0.2) is 91.1 Å². The topological polar surface area (TPSA) is 15.8 Å². The summed E-state index contributed by atoms with van der Waals surface area (Å²) >= 11 is 0. The van der Waals surface area contributed by atoms with E-state index in [1.807, 2.05) is 38.2 Å². The fraction of sp³-hybridized carbons (Fsp3) is 0.154. The average molecular weight is 354 g/mol. The van der Waals surface area contributed by atoms with Crippen molar-refractivity contribution in [2.75, 3.05) is 0 Å². The van der Waals surface area contributed by atoms with Crippen LogP contribution < -0.4 is 0 Å². The molecule has 1 nitrogen and oxygen atoms in total. The van der Waals surface area contributed by atoms with Crippen LogP contribution >= 0.6 is 0 Å². The highest BCUT2D eigenvalue weighted by molar-refractivity contribution is 5.94. The number of hydrogen-bond donors (Lipinski definition) is 1. The highest BCUT2D eigenvalue weighted by atomic mass is 14.7. The first-order chi connectivity index (χ1) is 13.1. The number of aromatic nitrogens is 1. The molecule has 136 valence electrons. The zero-order chi connectivity index (χ0) is 19.2. The third kappa shape index (κ3) is 4.20. The van der Waals surface area contributed by atoms with Gasteiger partial charge in [-0.1, -0.05) is 67.8 Å². The smallest absolute Gasteiger partial charge is 0.0462 e. The fourth-order valence-electron chi connectivity index (χ4n) is 3.34. The predicted octanol–water partition coefficient (Wildman–Crippen LogP) is 7.33. The number of aromatic amines is 1. The standard InChI is InChI=1S/C26H27N/c1-5-7-8-12-19(3)20(4)17-21(11-6-2)22-15-16-26-24(18-22)23-13-9-10-14-25(23)27-26/h5-9,11-13,15-18,27H,3-4,10,14H2,1-2H3/b7-5-,11-6-,12-8-,21-17+. The van der Waals surface area contributed by atoms with Crippen LogP contribution in [0.2, 0.25) is 0 Å². The van der Waals surface area contributed by atoms with E-state index in [9.17, 15) is 0 Å². The number of hydrogen-bond acceptors (Lipinski definition) is 0. The van der Waals surface area contributed by atoms with E-state index in [0.29, 0.717) is 0 Å². The second-order valence-electron chi connectivity index (χ2n) is 6.75. The van der Waals surface area contributed by atoms with Crippen LogP contribution in [0.5, 0.6) is 0 Å². The highest BCUT2D eigenvalue weighted by Crippen LogP contribution is 2.31. The van der Waals surface area contributed by atoms with Crippen molar-refractivity contribution in [2.45, 2.75) is 26.7 Å². The minimum Gasteiger partial charge on any atom is -0.358 e. The molecule has 0 saturated carbocycles. The van der Waals surface area contributed by atoms with E-state index >= 15 is 0 Å². The van der Waals surface area contributed by atoms with Crippen LogP contribution in [0.1, 0.15) is 37.1 Å². The highest BCUT2D eigenvalue weighted by Gasteiger charge is 2.12. The van der Waals surface area contributed by atoms with Gasteiger partial charge in [-0.05, 0) is 67.2 Å². The Labute approximate surface area is 162 Å². The van der Waals surface area contributed by atoms with E-state index in [2.05, 4.69) is 66.7 Å². The number of allylic oxidation sites excluding steroid dienone is 11. The maximum atomic E-state index is 4.20. The lowest BCUT2D eigenvalue weighted by molar-refractivity contribution is 0.951. The van der Waals surface area contributed by atoms with E-state index in [1.165, 1.54) is 27.7 Å². The summed E-state index contributed by atoms with van der Waals surface area (Å²) in [5.41, 5.74) is 8.03. The summed E-state index contributed by atoms with van der Waals surface area (Å²) in [5.74, 6) is 0. The Morgan fingerprint density at radius 3 is 2.67 bits per heavy atom. The Bertz CT molecular complexity index is 1020. The number of H-pyrrole nitrogens is 1. The second-order valence-corrected chi connectivity index (χ2v) is 6.75. The monoisotopic (exact) mass is 353 g/mol. The van der Waals surface area contributed by atoms with Gasteiger partial charge >= 0.3 is 0 Å². The predicted molar refractivity (Wildman–Crippen MR) is 121 cm³/mol. The van der Waals surface area contributed by atoms with E-state index in [0.717, 1.165) is 29.6 Å². The van der Waals surface area contributed by atoms with Gasteiger partial charge in [0.1, 0.15) is 0 Å². The van der Waals surface area contributed by atoms with Gasteiger partial charge < -0.3 is 4.98 Å². The van der Waals surface area contributed by atoms with Crippen molar-refractivity contribution in [3.8, 4) is 0 Å². The molecule has 0 bridgehead atoms. The van der Waals surface area contributed by atoms with Crippen molar-refractivity contribution < 1.29 is 0 Å². The number of fused-ring (bicyclic) bond motifs is 3. The number of rotatable bonds is 6. The van der Waals surface area contributed by atoms with Crippen LogP contribution in [-0.2, 0) is 6.42 Å². The third-order valence-electron chi connectivity index (χ3n) is 4.79. The number of aryl methyl sites for hydroxylation is 1. The molecule has 0 saturated heterocycles.